The van der Waals surface area contributed by atoms with Gasteiger partial charge in [-0.25, -0.2) is 13.2 Å². The fourth-order valence-corrected chi connectivity index (χ4v) is 3.66. The van der Waals surface area contributed by atoms with Gasteiger partial charge in [0.1, 0.15) is 17.5 Å². The summed E-state index contributed by atoms with van der Waals surface area (Å²) in [7, 11) is 0. The minimum Gasteiger partial charge on any atom is -0.375 e. The van der Waals surface area contributed by atoms with Crippen molar-refractivity contribution in [2.45, 2.75) is 18.4 Å². The lowest BCUT2D eigenvalue weighted by Gasteiger charge is -2.37. The lowest BCUT2D eigenvalue weighted by molar-refractivity contribution is 0.407. The van der Waals surface area contributed by atoms with Crippen LogP contribution in [0.5, 0.6) is 0 Å². The number of halogens is 3. The van der Waals surface area contributed by atoms with E-state index in [9.17, 15) is 13.2 Å². The molecule has 22 heavy (non-hydrogen) atoms. The van der Waals surface area contributed by atoms with Crippen molar-refractivity contribution in [1.82, 2.24) is 0 Å². The van der Waals surface area contributed by atoms with Crippen molar-refractivity contribution in [2.75, 3.05) is 5.32 Å². The summed E-state index contributed by atoms with van der Waals surface area (Å²) in [6, 6.07) is 8.44. The standard InChI is InChI=1S/C18H14F3N/c19-10-8-14-11-5-3-6-12(11)17(22-18(14)16(21)9-10)13-4-1-2-7-15(13)20/h1-5,7-9,11-12,17,22H,6H2/t11-,12+,17+/m1/s1. The van der Waals surface area contributed by atoms with Crippen LogP contribution in [-0.4, -0.2) is 0 Å². The molecule has 1 nitrogen and oxygen atoms in total. The van der Waals surface area contributed by atoms with Crippen molar-refractivity contribution < 1.29 is 13.2 Å². The summed E-state index contributed by atoms with van der Waals surface area (Å²) in [5, 5.41) is 3.10. The van der Waals surface area contributed by atoms with E-state index in [2.05, 4.69) is 5.32 Å². The molecule has 2 aliphatic rings. The number of hydrogen-bond acceptors (Lipinski definition) is 1. The van der Waals surface area contributed by atoms with Crippen molar-refractivity contribution >= 4 is 5.69 Å². The summed E-state index contributed by atoms with van der Waals surface area (Å²) < 4.78 is 41.9. The zero-order valence-corrected chi connectivity index (χ0v) is 11.7. The van der Waals surface area contributed by atoms with Crippen LogP contribution in [0.25, 0.3) is 0 Å². The van der Waals surface area contributed by atoms with Gasteiger partial charge >= 0.3 is 0 Å². The lowest BCUT2D eigenvalue weighted by atomic mass is 9.77. The van der Waals surface area contributed by atoms with E-state index in [0.717, 1.165) is 12.5 Å². The van der Waals surface area contributed by atoms with Crippen molar-refractivity contribution in [3.05, 3.63) is 77.1 Å². The molecule has 1 N–H and O–H groups in total. The number of anilines is 1. The monoisotopic (exact) mass is 301 g/mol. The molecule has 1 heterocycles. The van der Waals surface area contributed by atoms with E-state index in [1.807, 2.05) is 12.2 Å². The fourth-order valence-electron chi connectivity index (χ4n) is 3.66. The van der Waals surface area contributed by atoms with Gasteiger partial charge in [0, 0.05) is 17.5 Å². The third-order valence-electron chi connectivity index (χ3n) is 4.63. The topological polar surface area (TPSA) is 12.0 Å². The molecule has 4 heteroatoms. The lowest BCUT2D eigenvalue weighted by Crippen LogP contribution is -2.30. The van der Waals surface area contributed by atoms with Gasteiger partial charge in [0.2, 0.25) is 0 Å². The molecule has 0 fully saturated rings. The van der Waals surface area contributed by atoms with Crippen molar-refractivity contribution in [3.8, 4) is 0 Å². The summed E-state index contributed by atoms with van der Waals surface area (Å²) in [6.07, 6.45) is 4.73. The van der Waals surface area contributed by atoms with Gasteiger partial charge in [-0.05, 0) is 30.0 Å². The van der Waals surface area contributed by atoms with E-state index in [1.165, 1.54) is 12.1 Å². The highest BCUT2D eigenvalue weighted by atomic mass is 19.1. The van der Waals surface area contributed by atoms with Crippen LogP contribution < -0.4 is 5.32 Å². The predicted molar refractivity (Wildman–Crippen MR) is 79.1 cm³/mol. The highest BCUT2D eigenvalue weighted by Gasteiger charge is 2.40. The highest BCUT2D eigenvalue weighted by molar-refractivity contribution is 5.60. The van der Waals surface area contributed by atoms with E-state index in [-0.39, 0.29) is 29.4 Å². The first kappa shape index (κ1) is 13.4. The molecular weight excluding hydrogens is 287 g/mol. The molecule has 112 valence electrons. The first-order chi connectivity index (χ1) is 10.6. The van der Waals surface area contributed by atoms with Gasteiger partial charge in [-0.3, -0.25) is 0 Å². The Morgan fingerprint density at radius 1 is 0.955 bits per heavy atom. The van der Waals surface area contributed by atoms with E-state index in [4.69, 9.17) is 0 Å². The van der Waals surface area contributed by atoms with Crippen molar-refractivity contribution in [3.63, 3.8) is 0 Å². The van der Waals surface area contributed by atoms with Crippen LogP contribution in [0.15, 0.2) is 48.6 Å². The number of fused-ring (bicyclic) bond motifs is 3. The summed E-state index contributed by atoms with van der Waals surface area (Å²) in [4.78, 5) is 0. The summed E-state index contributed by atoms with van der Waals surface area (Å²) in [6.45, 7) is 0. The van der Waals surface area contributed by atoms with Gasteiger partial charge in [0.05, 0.1) is 11.7 Å². The van der Waals surface area contributed by atoms with Gasteiger partial charge < -0.3 is 5.32 Å². The maximum absolute atomic E-state index is 14.2. The van der Waals surface area contributed by atoms with Crippen LogP contribution in [0.3, 0.4) is 0 Å². The molecule has 0 aromatic heterocycles. The minimum absolute atomic E-state index is 0.0607. The maximum Gasteiger partial charge on any atom is 0.149 e. The predicted octanol–water partition coefficient (Wildman–Crippen LogP) is 4.93. The first-order valence-electron chi connectivity index (χ1n) is 7.31. The molecule has 0 unspecified atom stereocenters. The largest absolute Gasteiger partial charge is 0.375 e. The second kappa shape index (κ2) is 4.90. The summed E-state index contributed by atoms with van der Waals surface area (Å²) in [5.74, 6) is -1.55. The molecule has 3 atom stereocenters. The third kappa shape index (κ3) is 1.94. The smallest absolute Gasteiger partial charge is 0.149 e. The first-order valence-corrected chi connectivity index (χ1v) is 7.31. The Hall–Kier alpha value is -2.23. The van der Waals surface area contributed by atoms with Crippen LogP contribution in [0.1, 0.15) is 29.5 Å². The minimum atomic E-state index is -0.630. The number of nitrogens with one attached hydrogen (secondary N) is 1. The molecule has 0 saturated heterocycles. The molecule has 2 aromatic carbocycles. The Morgan fingerprint density at radius 2 is 1.77 bits per heavy atom. The Morgan fingerprint density at radius 3 is 2.59 bits per heavy atom. The van der Waals surface area contributed by atoms with Gasteiger partial charge in [-0.15, -0.1) is 0 Å². The third-order valence-corrected chi connectivity index (χ3v) is 4.63. The molecule has 0 amide bonds. The summed E-state index contributed by atoms with van der Waals surface area (Å²) >= 11 is 0. The second-order valence-electron chi connectivity index (χ2n) is 5.85. The van der Waals surface area contributed by atoms with Crippen molar-refractivity contribution in [1.29, 1.82) is 0 Å². The van der Waals surface area contributed by atoms with Crippen LogP contribution in [0, 0.1) is 23.4 Å². The Balaban J connectivity index is 1.86. The normalized spacial score (nSPS) is 25.5. The highest BCUT2D eigenvalue weighted by Crippen LogP contribution is 2.50. The Labute approximate surface area is 126 Å². The van der Waals surface area contributed by atoms with Gasteiger partial charge in [-0.2, -0.15) is 0 Å². The van der Waals surface area contributed by atoms with E-state index < -0.39 is 11.6 Å². The van der Waals surface area contributed by atoms with E-state index in [0.29, 0.717) is 11.1 Å². The van der Waals surface area contributed by atoms with Gasteiger partial charge in [-0.1, -0.05) is 30.4 Å². The van der Waals surface area contributed by atoms with E-state index in [1.54, 1.807) is 18.2 Å². The van der Waals surface area contributed by atoms with Crippen LogP contribution in [0.2, 0.25) is 0 Å². The average molecular weight is 301 g/mol. The number of benzene rings is 2. The zero-order chi connectivity index (χ0) is 15.3. The SMILES string of the molecule is Fc1cc(F)c2c(c1)[C@@H]1C=CC[C@@H]1[C@@H](c1ccccc1F)N2. The molecule has 0 saturated carbocycles. The molecule has 4 rings (SSSR count). The Bertz CT molecular complexity index is 769. The number of rotatable bonds is 1. The molecule has 2 aromatic rings. The number of allylic oxidation sites excluding steroid dienone is 2. The molecule has 1 aliphatic heterocycles. The Kier molecular flexibility index (Phi) is 2.99. The average Bonchev–Trinajstić information content (AvgIpc) is 2.97. The van der Waals surface area contributed by atoms with Gasteiger partial charge in [0.15, 0.2) is 0 Å². The molecule has 1 aliphatic carbocycles. The van der Waals surface area contributed by atoms with E-state index >= 15 is 0 Å². The summed E-state index contributed by atoms with van der Waals surface area (Å²) in [5.41, 5.74) is 1.42. The van der Waals surface area contributed by atoms with Crippen molar-refractivity contribution in [2.24, 2.45) is 5.92 Å². The zero-order valence-electron chi connectivity index (χ0n) is 11.7. The molecular formula is C18H14F3N. The molecule has 0 radical (unpaired) electrons. The van der Waals surface area contributed by atoms with Gasteiger partial charge in [0.25, 0.3) is 0 Å². The fraction of sp³-hybridized carbons (Fsp3) is 0.222. The molecule has 0 spiro atoms. The van der Waals surface area contributed by atoms with Crippen LogP contribution in [0.4, 0.5) is 18.9 Å². The second-order valence-corrected chi connectivity index (χ2v) is 5.85. The quantitative estimate of drug-likeness (QED) is 0.736. The maximum atomic E-state index is 14.2. The molecule has 0 bridgehead atoms. The van der Waals surface area contributed by atoms with Crippen LogP contribution >= 0.6 is 0 Å². The number of hydrogen-bond donors (Lipinski definition) is 1. The van der Waals surface area contributed by atoms with Crippen LogP contribution in [-0.2, 0) is 0 Å².